The first kappa shape index (κ1) is 29.7. The van der Waals surface area contributed by atoms with Crippen molar-refractivity contribution in [2.24, 2.45) is 0 Å². The van der Waals surface area contributed by atoms with Crippen LogP contribution >= 0.6 is 0 Å². The van der Waals surface area contributed by atoms with Crippen molar-refractivity contribution in [3.63, 3.8) is 0 Å². The number of hydrogen-bond donors (Lipinski definition) is 1. The second-order valence-electron chi connectivity index (χ2n) is 9.89. The molecule has 3 rings (SSSR count). The van der Waals surface area contributed by atoms with Crippen LogP contribution < -0.4 is 5.32 Å². The molecule has 1 fully saturated rings. The van der Waals surface area contributed by atoms with Crippen LogP contribution in [0.15, 0.2) is 60.7 Å². The molecular formula is C30H40N6O3. The number of nitriles is 1. The fraction of sp³-hybridized carbons (Fsp3) is 0.467. The molecule has 0 radical (unpaired) electrons. The Morgan fingerprint density at radius 2 is 1.69 bits per heavy atom. The summed E-state index contributed by atoms with van der Waals surface area (Å²) < 4.78 is 0. The third-order valence-corrected chi connectivity index (χ3v) is 7.02. The number of hydrazine groups is 1. The summed E-state index contributed by atoms with van der Waals surface area (Å²) in [5, 5.41) is 15.1. The average molecular weight is 533 g/mol. The lowest BCUT2D eigenvalue weighted by Crippen LogP contribution is -2.68. The van der Waals surface area contributed by atoms with Crippen molar-refractivity contribution in [2.75, 3.05) is 26.7 Å². The zero-order valence-electron chi connectivity index (χ0n) is 23.3. The van der Waals surface area contributed by atoms with Crippen LogP contribution in [0.4, 0.5) is 4.79 Å². The molecule has 2 atom stereocenters. The highest BCUT2D eigenvalue weighted by Gasteiger charge is 2.45. The number of likely N-dealkylation sites (N-methyl/N-ethyl adjacent to an activating group) is 1. The maximum Gasteiger partial charge on any atom is 0.334 e. The molecule has 1 aliphatic heterocycles. The minimum atomic E-state index is -0.900. The van der Waals surface area contributed by atoms with Crippen LogP contribution in [0.1, 0.15) is 63.1 Å². The molecule has 1 N–H and O–H groups in total. The summed E-state index contributed by atoms with van der Waals surface area (Å²) in [6, 6.07) is 19.4. The number of hydrogen-bond acceptors (Lipinski definition) is 5. The first-order chi connectivity index (χ1) is 18.9. The Labute approximate surface area is 231 Å². The highest BCUT2D eigenvalue weighted by atomic mass is 16.2. The quantitative estimate of drug-likeness (QED) is 0.325. The van der Waals surface area contributed by atoms with Gasteiger partial charge in [0.1, 0.15) is 18.8 Å². The molecule has 9 nitrogen and oxygen atoms in total. The maximum absolute atomic E-state index is 13.9. The van der Waals surface area contributed by atoms with E-state index >= 15 is 0 Å². The van der Waals surface area contributed by atoms with Crippen molar-refractivity contribution in [3.8, 4) is 6.07 Å². The Balaban J connectivity index is 1.86. The van der Waals surface area contributed by atoms with E-state index in [9.17, 15) is 19.6 Å². The molecule has 39 heavy (non-hydrogen) atoms. The van der Waals surface area contributed by atoms with Gasteiger partial charge < -0.3 is 15.1 Å². The molecule has 9 heteroatoms. The van der Waals surface area contributed by atoms with E-state index in [1.54, 1.807) is 18.9 Å². The summed E-state index contributed by atoms with van der Waals surface area (Å²) in [5.41, 5.74) is 1.60. The van der Waals surface area contributed by atoms with Crippen LogP contribution in [-0.4, -0.2) is 70.5 Å². The molecule has 0 saturated carbocycles. The summed E-state index contributed by atoms with van der Waals surface area (Å²) in [6.07, 6.45) is 4.58. The average Bonchev–Trinajstić information content (AvgIpc) is 2.94. The van der Waals surface area contributed by atoms with Crippen molar-refractivity contribution in [3.05, 3.63) is 71.8 Å². The number of carbonyl (C=O) groups excluding carboxylic acids is 3. The van der Waals surface area contributed by atoms with Gasteiger partial charge in [-0.1, -0.05) is 93.3 Å². The molecule has 1 unspecified atom stereocenters. The predicted molar refractivity (Wildman–Crippen MR) is 150 cm³/mol. The highest BCUT2D eigenvalue weighted by molar-refractivity contribution is 5.90. The second-order valence-corrected chi connectivity index (χ2v) is 9.89. The third kappa shape index (κ3) is 7.80. The monoisotopic (exact) mass is 532 g/mol. The van der Waals surface area contributed by atoms with Crippen molar-refractivity contribution >= 4 is 17.8 Å². The zero-order valence-corrected chi connectivity index (χ0v) is 23.3. The molecule has 1 aliphatic rings. The summed E-state index contributed by atoms with van der Waals surface area (Å²) in [7, 11) is 1.77. The SMILES string of the molecule is CCCCCCCN(C)C(=O)[C@H](c1ccccc1)N1C(=O)CN(CC#N)N(C(=O)NCc2ccccc2)C1C. The molecule has 2 aromatic rings. The number of urea groups is 1. The Morgan fingerprint density at radius 3 is 2.33 bits per heavy atom. The van der Waals surface area contributed by atoms with E-state index in [1.165, 1.54) is 21.3 Å². The van der Waals surface area contributed by atoms with Crippen molar-refractivity contribution in [2.45, 2.75) is 64.7 Å². The second kappa shape index (κ2) is 14.9. The Morgan fingerprint density at radius 1 is 1.05 bits per heavy atom. The minimum Gasteiger partial charge on any atom is -0.344 e. The Bertz CT molecular complexity index is 1120. The topological polar surface area (TPSA) is 100.0 Å². The van der Waals surface area contributed by atoms with E-state index in [2.05, 4.69) is 12.2 Å². The lowest BCUT2D eigenvalue weighted by atomic mass is 10.0. The van der Waals surface area contributed by atoms with E-state index in [0.29, 0.717) is 18.7 Å². The van der Waals surface area contributed by atoms with Gasteiger partial charge in [0, 0.05) is 20.1 Å². The molecule has 0 aromatic heterocycles. The molecule has 1 saturated heterocycles. The largest absolute Gasteiger partial charge is 0.344 e. The van der Waals surface area contributed by atoms with Crippen LogP contribution in [-0.2, 0) is 16.1 Å². The fourth-order valence-corrected chi connectivity index (χ4v) is 4.93. The minimum absolute atomic E-state index is 0.135. The van der Waals surface area contributed by atoms with Crippen LogP contribution in [0.25, 0.3) is 0 Å². The van der Waals surface area contributed by atoms with Gasteiger partial charge in [-0.3, -0.25) is 9.59 Å². The molecule has 0 aliphatic carbocycles. The highest BCUT2D eigenvalue weighted by Crippen LogP contribution is 2.30. The van der Waals surface area contributed by atoms with E-state index in [0.717, 1.165) is 31.2 Å². The maximum atomic E-state index is 13.9. The fourth-order valence-electron chi connectivity index (χ4n) is 4.93. The smallest absolute Gasteiger partial charge is 0.334 e. The normalized spacial score (nSPS) is 16.5. The predicted octanol–water partition coefficient (Wildman–Crippen LogP) is 4.30. The van der Waals surface area contributed by atoms with Crippen LogP contribution in [0, 0.1) is 11.3 Å². The van der Waals surface area contributed by atoms with Crippen LogP contribution in [0.5, 0.6) is 0 Å². The van der Waals surface area contributed by atoms with Gasteiger partial charge in [0.05, 0.1) is 12.6 Å². The molecule has 2 aromatic carbocycles. The molecule has 208 valence electrons. The summed E-state index contributed by atoms with van der Waals surface area (Å²) >= 11 is 0. The van der Waals surface area contributed by atoms with Crippen LogP contribution in [0.2, 0.25) is 0 Å². The standard InChI is InChI=1S/C30H40N6O3/c1-4-5-6-7-14-20-33(3)29(38)28(26-17-12-9-13-18-26)35-24(2)36(34(21-19-31)23-27(35)37)30(39)32-22-25-15-10-8-11-16-25/h8-13,15-18,24,28H,4-7,14,20-23H2,1-3H3,(H,32,39)/t24?,28-/m0/s1. The molecule has 0 spiro atoms. The summed E-state index contributed by atoms with van der Waals surface area (Å²) in [5.74, 6) is -0.515. The van der Waals surface area contributed by atoms with Gasteiger partial charge in [-0.25, -0.2) is 9.80 Å². The molecule has 4 amide bonds. The number of amides is 4. The van der Waals surface area contributed by atoms with Crippen molar-refractivity contribution in [1.82, 2.24) is 25.1 Å². The summed E-state index contributed by atoms with van der Waals surface area (Å²) in [4.78, 5) is 44.1. The van der Waals surface area contributed by atoms with Crippen LogP contribution in [0.3, 0.4) is 0 Å². The van der Waals surface area contributed by atoms with E-state index in [4.69, 9.17) is 0 Å². The molecular weight excluding hydrogens is 492 g/mol. The third-order valence-electron chi connectivity index (χ3n) is 7.02. The number of rotatable bonds is 12. The zero-order chi connectivity index (χ0) is 28.2. The first-order valence-corrected chi connectivity index (χ1v) is 13.7. The van der Waals surface area contributed by atoms with E-state index in [-0.39, 0.29) is 24.9 Å². The van der Waals surface area contributed by atoms with Gasteiger partial charge in [-0.2, -0.15) is 10.3 Å². The molecule has 0 bridgehead atoms. The van der Waals surface area contributed by atoms with Crippen molar-refractivity contribution in [1.29, 1.82) is 5.26 Å². The van der Waals surface area contributed by atoms with Gasteiger partial charge >= 0.3 is 6.03 Å². The van der Waals surface area contributed by atoms with Gasteiger partial charge in [0.25, 0.3) is 0 Å². The van der Waals surface area contributed by atoms with Gasteiger partial charge in [-0.05, 0) is 24.5 Å². The van der Waals surface area contributed by atoms with Gasteiger partial charge in [0.15, 0.2) is 0 Å². The number of benzene rings is 2. The number of unbranched alkanes of at least 4 members (excludes halogenated alkanes) is 4. The number of nitrogens with one attached hydrogen (secondary N) is 1. The first-order valence-electron chi connectivity index (χ1n) is 13.7. The van der Waals surface area contributed by atoms with Gasteiger partial charge in [-0.15, -0.1) is 0 Å². The number of nitrogens with zero attached hydrogens (tertiary/aromatic N) is 5. The molecule has 1 heterocycles. The van der Waals surface area contributed by atoms with E-state index < -0.39 is 18.2 Å². The Kier molecular flexibility index (Phi) is 11.3. The van der Waals surface area contributed by atoms with E-state index in [1.807, 2.05) is 66.7 Å². The lowest BCUT2D eigenvalue weighted by Gasteiger charge is -2.49. The Hall–Kier alpha value is -3.90. The van der Waals surface area contributed by atoms with Crippen molar-refractivity contribution < 1.29 is 14.4 Å². The summed E-state index contributed by atoms with van der Waals surface area (Å²) in [6.45, 7) is 4.44. The van der Waals surface area contributed by atoms with Gasteiger partial charge in [0.2, 0.25) is 11.8 Å². The lowest BCUT2D eigenvalue weighted by molar-refractivity contribution is -0.174. The number of carbonyl (C=O) groups is 3.